The number of Topliss-reactive ketones (excluding diaryl/α,β-unsaturated/α-hetero) is 1. The number of halogens is 2. The fourth-order valence-corrected chi connectivity index (χ4v) is 2.91. The largest absolute Gasteiger partial charge is 0.341 e. The third-order valence-electron chi connectivity index (χ3n) is 3.80. The van der Waals surface area contributed by atoms with E-state index in [0.29, 0.717) is 0 Å². The standard InChI is InChI=1S/C14H12Cl2N2O3/c1-17(7-2-3-7)10(19)6-18-12-9(16)5-4-8(15)11(12)13(20)14(18)21/h4-5,7H,2-3,6H2,1H3. The van der Waals surface area contributed by atoms with Crippen molar-refractivity contribution in [3.63, 3.8) is 0 Å². The summed E-state index contributed by atoms with van der Waals surface area (Å²) in [5, 5.41) is 0.397. The highest BCUT2D eigenvalue weighted by Gasteiger charge is 2.41. The summed E-state index contributed by atoms with van der Waals surface area (Å²) >= 11 is 12.0. The van der Waals surface area contributed by atoms with Gasteiger partial charge in [0.1, 0.15) is 6.54 Å². The second-order valence-electron chi connectivity index (χ2n) is 5.21. The van der Waals surface area contributed by atoms with E-state index >= 15 is 0 Å². The van der Waals surface area contributed by atoms with Crippen LogP contribution in [0.25, 0.3) is 0 Å². The molecular formula is C14H12Cl2N2O3. The Balaban J connectivity index is 1.94. The summed E-state index contributed by atoms with van der Waals surface area (Å²) in [5.41, 5.74) is 0.313. The zero-order chi connectivity index (χ0) is 15.3. The Morgan fingerprint density at radius 3 is 2.52 bits per heavy atom. The molecular weight excluding hydrogens is 315 g/mol. The number of carbonyl (C=O) groups excluding carboxylic acids is 3. The van der Waals surface area contributed by atoms with Gasteiger partial charge in [-0.15, -0.1) is 0 Å². The predicted molar refractivity (Wildman–Crippen MR) is 78.9 cm³/mol. The van der Waals surface area contributed by atoms with Gasteiger partial charge in [-0.2, -0.15) is 0 Å². The molecule has 110 valence electrons. The summed E-state index contributed by atoms with van der Waals surface area (Å²) in [6, 6.07) is 3.21. The highest BCUT2D eigenvalue weighted by atomic mass is 35.5. The molecule has 21 heavy (non-hydrogen) atoms. The van der Waals surface area contributed by atoms with Crippen molar-refractivity contribution in [1.29, 1.82) is 0 Å². The van der Waals surface area contributed by atoms with Crippen molar-refractivity contribution in [3.05, 3.63) is 27.7 Å². The van der Waals surface area contributed by atoms with Crippen molar-refractivity contribution in [1.82, 2.24) is 4.90 Å². The number of likely N-dealkylation sites (N-methyl/N-ethyl adjacent to an activating group) is 1. The Bertz CT molecular complexity index is 670. The van der Waals surface area contributed by atoms with Crippen LogP contribution in [0.4, 0.5) is 5.69 Å². The van der Waals surface area contributed by atoms with E-state index in [2.05, 4.69) is 0 Å². The minimum absolute atomic E-state index is 0.0797. The number of fused-ring (bicyclic) bond motifs is 1. The van der Waals surface area contributed by atoms with Gasteiger partial charge >= 0.3 is 0 Å². The Morgan fingerprint density at radius 2 is 1.90 bits per heavy atom. The third-order valence-corrected chi connectivity index (χ3v) is 4.42. The second-order valence-corrected chi connectivity index (χ2v) is 6.02. The first kappa shape index (κ1) is 14.4. The van der Waals surface area contributed by atoms with Crippen LogP contribution in [-0.2, 0) is 9.59 Å². The fraction of sp³-hybridized carbons (Fsp3) is 0.357. The van der Waals surface area contributed by atoms with Gasteiger partial charge in [0, 0.05) is 13.1 Å². The first-order chi connectivity index (χ1) is 9.91. The van der Waals surface area contributed by atoms with Gasteiger partial charge in [-0.3, -0.25) is 19.3 Å². The minimum Gasteiger partial charge on any atom is -0.341 e. The van der Waals surface area contributed by atoms with Crippen LogP contribution < -0.4 is 4.90 Å². The molecule has 1 heterocycles. The topological polar surface area (TPSA) is 57.7 Å². The van der Waals surface area contributed by atoms with Crippen LogP contribution in [0.2, 0.25) is 10.0 Å². The van der Waals surface area contributed by atoms with Gasteiger partial charge in [0.25, 0.3) is 11.7 Å². The number of benzene rings is 1. The van der Waals surface area contributed by atoms with Crippen molar-refractivity contribution in [2.45, 2.75) is 18.9 Å². The molecule has 0 unspecified atom stereocenters. The van der Waals surface area contributed by atoms with Gasteiger partial charge < -0.3 is 4.90 Å². The van der Waals surface area contributed by atoms with Gasteiger partial charge in [-0.05, 0) is 25.0 Å². The molecule has 0 aromatic heterocycles. The molecule has 3 rings (SSSR count). The van der Waals surface area contributed by atoms with Gasteiger partial charge in [0.2, 0.25) is 5.91 Å². The van der Waals surface area contributed by atoms with Gasteiger partial charge in [0.15, 0.2) is 0 Å². The number of ketones is 1. The van der Waals surface area contributed by atoms with Crippen LogP contribution >= 0.6 is 23.2 Å². The molecule has 0 bridgehead atoms. The smallest absolute Gasteiger partial charge is 0.300 e. The summed E-state index contributed by atoms with van der Waals surface area (Å²) in [5.74, 6) is -1.71. The molecule has 1 fully saturated rings. The van der Waals surface area contributed by atoms with E-state index in [1.807, 2.05) is 0 Å². The summed E-state index contributed by atoms with van der Waals surface area (Å²) < 4.78 is 0. The van der Waals surface area contributed by atoms with Crippen molar-refractivity contribution < 1.29 is 14.4 Å². The molecule has 0 N–H and O–H groups in total. The van der Waals surface area contributed by atoms with Crippen molar-refractivity contribution >= 4 is 46.5 Å². The lowest BCUT2D eigenvalue weighted by atomic mass is 10.1. The van der Waals surface area contributed by atoms with E-state index in [0.717, 1.165) is 17.7 Å². The number of amides is 2. The first-order valence-corrected chi connectivity index (χ1v) is 7.27. The van der Waals surface area contributed by atoms with Gasteiger partial charge in [-0.25, -0.2) is 0 Å². The lowest BCUT2D eigenvalue weighted by Crippen LogP contribution is -2.41. The maximum atomic E-state index is 12.2. The number of nitrogens with zero attached hydrogens (tertiary/aromatic N) is 2. The normalized spacial score (nSPS) is 17.2. The maximum absolute atomic E-state index is 12.2. The van der Waals surface area contributed by atoms with E-state index in [9.17, 15) is 14.4 Å². The molecule has 2 aliphatic rings. The zero-order valence-corrected chi connectivity index (χ0v) is 12.7. The van der Waals surface area contributed by atoms with E-state index < -0.39 is 11.7 Å². The summed E-state index contributed by atoms with van der Waals surface area (Å²) in [6.07, 6.45) is 1.94. The molecule has 5 nitrogen and oxygen atoms in total. The number of carbonyl (C=O) groups is 3. The highest BCUT2D eigenvalue weighted by molar-refractivity contribution is 6.57. The number of anilines is 1. The fourth-order valence-electron chi connectivity index (χ4n) is 2.42. The Hall–Kier alpha value is -1.59. The van der Waals surface area contributed by atoms with Crippen molar-refractivity contribution in [2.75, 3.05) is 18.5 Å². The molecule has 1 aromatic carbocycles. The molecule has 1 saturated carbocycles. The van der Waals surface area contributed by atoms with E-state index in [1.54, 1.807) is 11.9 Å². The van der Waals surface area contributed by atoms with Crippen molar-refractivity contribution in [3.8, 4) is 0 Å². The molecule has 1 aliphatic heterocycles. The average Bonchev–Trinajstić information content (AvgIpc) is 3.26. The quantitative estimate of drug-likeness (QED) is 0.799. The number of rotatable bonds is 3. The lowest BCUT2D eigenvalue weighted by Gasteiger charge is -2.22. The summed E-state index contributed by atoms with van der Waals surface area (Å²) in [7, 11) is 1.70. The highest BCUT2D eigenvalue weighted by Crippen LogP contribution is 2.40. The molecule has 0 atom stereocenters. The first-order valence-electron chi connectivity index (χ1n) is 6.51. The molecule has 7 heteroatoms. The Morgan fingerprint density at radius 1 is 1.29 bits per heavy atom. The predicted octanol–water partition coefficient (Wildman–Crippen LogP) is 2.14. The number of hydrogen-bond donors (Lipinski definition) is 0. The molecule has 0 spiro atoms. The maximum Gasteiger partial charge on any atom is 0.300 e. The number of hydrogen-bond acceptors (Lipinski definition) is 3. The summed E-state index contributed by atoms with van der Waals surface area (Å²) in [4.78, 5) is 39.0. The van der Waals surface area contributed by atoms with Crippen LogP contribution in [0.5, 0.6) is 0 Å². The van der Waals surface area contributed by atoms with Crippen LogP contribution in [0.15, 0.2) is 12.1 Å². The Kier molecular flexibility index (Phi) is 3.42. The van der Waals surface area contributed by atoms with Crippen LogP contribution in [-0.4, -0.2) is 42.1 Å². The van der Waals surface area contributed by atoms with E-state index in [4.69, 9.17) is 23.2 Å². The van der Waals surface area contributed by atoms with Crippen LogP contribution in [0.3, 0.4) is 0 Å². The minimum atomic E-state index is -0.766. The van der Waals surface area contributed by atoms with Crippen LogP contribution in [0.1, 0.15) is 23.2 Å². The van der Waals surface area contributed by atoms with Gasteiger partial charge in [-0.1, -0.05) is 23.2 Å². The van der Waals surface area contributed by atoms with Gasteiger partial charge in [0.05, 0.1) is 21.3 Å². The van der Waals surface area contributed by atoms with E-state index in [1.165, 1.54) is 12.1 Å². The third kappa shape index (κ3) is 2.30. The molecule has 1 aliphatic carbocycles. The van der Waals surface area contributed by atoms with Crippen molar-refractivity contribution in [2.24, 2.45) is 0 Å². The summed E-state index contributed by atoms with van der Waals surface area (Å²) in [6.45, 7) is -0.204. The molecule has 0 saturated heterocycles. The molecule has 1 aromatic rings. The SMILES string of the molecule is CN(C(=O)CN1C(=O)C(=O)c2c(Cl)ccc(Cl)c21)C1CC1. The lowest BCUT2D eigenvalue weighted by molar-refractivity contribution is -0.130. The molecule has 2 amide bonds. The second kappa shape index (κ2) is 5.00. The molecule has 0 radical (unpaired) electrons. The van der Waals surface area contributed by atoms with E-state index in [-0.39, 0.29) is 39.8 Å². The Labute approximate surface area is 131 Å². The van der Waals surface area contributed by atoms with Crippen LogP contribution in [0, 0.1) is 0 Å². The zero-order valence-electron chi connectivity index (χ0n) is 11.2. The average molecular weight is 327 g/mol. The monoisotopic (exact) mass is 326 g/mol.